The van der Waals surface area contributed by atoms with Crippen LogP contribution < -0.4 is 14.8 Å². The van der Waals surface area contributed by atoms with Gasteiger partial charge in [0, 0.05) is 17.4 Å². The molecule has 2 aliphatic rings. The van der Waals surface area contributed by atoms with Crippen LogP contribution in [0.4, 0.5) is 5.69 Å². The zero-order chi connectivity index (χ0) is 22.4. The molecular weight excluding hydrogens is 465 g/mol. The van der Waals surface area contributed by atoms with Gasteiger partial charge in [0.2, 0.25) is 21.8 Å². The molecule has 1 saturated carbocycles. The van der Waals surface area contributed by atoms with Crippen molar-refractivity contribution >= 4 is 50.7 Å². The molecule has 0 saturated heterocycles. The molecule has 164 valence electrons. The lowest BCUT2D eigenvalue weighted by atomic mass is 9.69. The Balaban J connectivity index is 1.54. The van der Waals surface area contributed by atoms with Gasteiger partial charge in [0.05, 0.1) is 16.7 Å². The van der Waals surface area contributed by atoms with Crippen LogP contribution in [-0.4, -0.2) is 37.6 Å². The standard InChI is InChI=1S/C20H19Cl2N3O5S/c1-31(28,29)25-17(26)11-2-3-16-14(8-11)20(19(27)24-16)6-4-13(5-7-20)30-18-15(22)9-12(21)10-23-18/h2-3,8-10,13H,4-7H2,1H3,(H,24,27)(H,25,26). The van der Waals surface area contributed by atoms with E-state index in [9.17, 15) is 18.0 Å². The molecule has 2 N–H and O–H groups in total. The minimum Gasteiger partial charge on any atom is -0.473 e. The summed E-state index contributed by atoms with van der Waals surface area (Å²) in [4.78, 5) is 29.3. The number of benzene rings is 1. The number of fused-ring (bicyclic) bond motifs is 2. The molecule has 2 aromatic rings. The lowest BCUT2D eigenvalue weighted by Gasteiger charge is -2.35. The van der Waals surface area contributed by atoms with Crippen molar-refractivity contribution in [2.75, 3.05) is 11.6 Å². The Kier molecular flexibility index (Phi) is 5.61. The monoisotopic (exact) mass is 483 g/mol. The number of rotatable bonds is 4. The van der Waals surface area contributed by atoms with E-state index in [0.29, 0.717) is 52.9 Å². The number of hydrogen-bond donors (Lipinski definition) is 2. The Bertz CT molecular complexity index is 1180. The molecule has 1 aliphatic heterocycles. The lowest BCUT2D eigenvalue weighted by Crippen LogP contribution is -2.41. The largest absolute Gasteiger partial charge is 0.473 e. The van der Waals surface area contributed by atoms with Gasteiger partial charge < -0.3 is 10.1 Å². The molecule has 2 heterocycles. The third kappa shape index (κ3) is 4.35. The molecule has 1 aromatic carbocycles. The molecule has 31 heavy (non-hydrogen) atoms. The zero-order valence-corrected chi connectivity index (χ0v) is 18.8. The number of anilines is 1. The van der Waals surface area contributed by atoms with E-state index in [4.69, 9.17) is 27.9 Å². The van der Waals surface area contributed by atoms with Crippen molar-refractivity contribution in [2.45, 2.75) is 37.2 Å². The van der Waals surface area contributed by atoms with Crippen LogP contribution in [-0.2, 0) is 20.2 Å². The topological polar surface area (TPSA) is 114 Å². The number of carbonyl (C=O) groups excluding carboxylic acids is 2. The maximum absolute atomic E-state index is 12.9. The Hall–Kier alpha value is -2.36. The smallest absolute Gasteiger partial charge is 0.264 e. The summed E-state index contributed by atoms with van der Waals surface area (Å²) < 4.78 is 30.7. The minimum absolute atomic E-state index is 0.135. The second-order valence-electron chi connectivity index (χ2n) is 7.76. The van der Waals surface area contributed by atoms with Gasteiger partial charge >= 0.3 is 0 Å². The number of nitrogens with zero attached hydrogens (tertiary/aromatic N) is 1. The maximum atomic E-state index is 12.9. The number of ether oxygens (including phenoxy) is 1. The molecule has 1 aromatic heterocycles. The number of hydrogen-bond acceptors (Lipinski definition) is 6. The van der Waals surface area contributed by atoms with Crippen molar-refractivity contribution in [1.29, 1.82) is 0 Å². The quantitative estimate of drug-likeness (QED) is 0.689. The van der Waals surface area contributed by atoms with E-state index in [2.05, 4.69) is 10.3 Å². The molecular formula is C20H19Cl2N3O5S. The first-order valence-electron chi connectivity index (χ1n) is 9.53. The SMILES string of the molecule is CS(=O)(=O)NC(=O)c1ccc2c(c1)C1(CCC(Oc3ncc(Cl)cc3Cl)CC1)C(=O)N2. The van der Waals surface area contributed by atoms with E-state index in [0.717, 1.165) is 6.26 Å². The summed E-state index contributed by atoms with van der Waals surface area (Å²) in [7, 11) is -3.70. The number of nitrogens with one attached hydrogen (secondary N) is 2. The second kappa shape index (κ2) is 7.96. The van der Waals surface area contributed by atoms with Crippen LogP contribution in [0.3, 0.4) is 0 Å². The molecule has 8 nitrogen and oxygen atoms in total. The summed E-state index contributed by atoms with van der Waals surface area (Å²) in [6.07, 6.45) is 4.34. The molecule has 0 atom stereocenters. The Labute approximate surface area is 189 Å². The molecule has 0 radical (unpaired) electrons. The van der Waals surface area contributed by atoms with Crippen LogP contribution in [0.25, 0.3) is 0 Å². The summed E-state index contributed by atoms with van der Waals surface area (Å²) in [5, 5.41) is 3.60. The fourth-order valence-electron chi connectivity index (χ4n) is 4.13. The molecule has 4 rings (SSSR count). The third-order valence-electron chi connectivity index (χ3n) is 5.60. The minimum atomic E-state index is -3.70. The number of pyridine rings is 1. The van der Waals surface area contributed by atoms with Gasteiger partial charge in [-0.1, -0.05) is 23.2 Å². The molecule has 0 bridgehead atoms. The fraction of sp³-hybridized carbons (Fsp3) is 0.350. The molecule has 1 fully saturated rings. The van der Waals surface area contributed by atoms with Gasteiger partial charge in [0.15, 0.2) is 0 Å². The van der Waals surface area contributed by atoms with Crippen molar-refractivity contribution in [3.05, 3.63) is 51.6 Å². The van der Waals surface area contributed by atoms with Gasteiger partial charge in [-0.15, -0.1) is 0 Å². The summed E-state index contributed by atoms with van der Waals surface area (Å²) in [5.41, 5.74) is 0.700. The van der Waals surface area contributed by atoms with Crippen LogP contribution in [0.15, 0.2) is 30.5 Å². The van der Waals surface area contributed by atoms with Gasteiger partial charge in [-0.25, -0.2) is 18.1 Å². The van der Waals surface area contributed by atoms with Crippen molar-refractivity contribution in [1.82, 2.24) is 9.71 Å². The van der Waals surface area contributed by atoms with Gasteiger partial charge in [-0.05, 0) is 55.5 Å². The van der Waals surface area contributed by atoms with Crippen LogP contribution in [0, 0.1) is 0 Å². The van der Waals surface area contributed by atoms with Gasteiger partial charge in [-0.3, -0.25) is 9.59 Å². The predicted octanol–water partition coefficient (Wildman–Crippen LogP) is 3.29. The molecule has 1 spiro atoms. The number of sulfonamides is 1. The highest BCUT2D eigenvalue weighted by Crippen LogP contribution is 2.48. The normalized spacial score (nSPS) is 22.7. The first-order chi connectivity index (χ1) is 14.6. The Morgan fingerprint density at radius 1 is 1.26 bits per heavy atom. The average molecular weight is 484 g/mol. The van der Waals surface area contributed by atoms with E-state index in [1.807, 2.05) is 4.72 Å². The highest BCUT2D eigenvalue weighted by atomic mass is 35.5. The van der Waals surface area contributed by atoms with Gasteiger partial charge in [-0.2, -0.15) is 0 Å². The molecule has 0 unspecified atom stereocenters. The summed E-state index contributed by atoms with van der Waals surface area (Å²) in [6.45, 7) is 0. The number of amides is 2. The first-order valence-corrected chi connectivity index (χ1v) is 12.2. The predicted molar refractivity (Wildman–Crippen MR) is 116 cm³/mol. The number of aromatic nitrogens is 1. The van der Waals surface area contributed by atoms with Crippen molar-refractivity contribution in [3.8, 4) is 5.88 Å². The maximum Gasteiger partial charge on any atom is 0.264 e. The van der Waals surface area contributed by atoms with Crippen LogP contribution >= 0.6 is 23.2 Å². The summed E-state index contributed by atoms with van der Waals surface area (Å²) in [6, 6.07) is 6.26. The third-order valence-corrected chi connectivity index (χ3v) is 6.63. The van der Waals surface area contributed by atoms with Crippen LogP contribution in [0.2, 0.25) is 10.0 Å². The van der Waals surface area contributed by atoms with Gasteiger partial charge in [0.25, 0.3) is 5.91 Å². The van der Waals surface area contributed by atoms with E-state index in [1.54, 1.807) is 18.2 Å². The number of carbonyl (C=O) groups is 2. The van der Waals surface area contributed by atoms with Crippen LogP contribution in [0.1, 0.15) is 41.6 Å². The van der Waals surface area contributed by atoms with Crippen LogP contribution in [0.5, 0.6) is 5.88 Å². The fourth-order valence-corrected chi connectivity index (χ4v) is 5.01. The molecule has 11 heteroatoms. The van der Waals surface area contributed by atoms with E-state index in [1.165, 1.54) is 12.3 Å². The van der Waals surface area contributed by atoms with Crippen molar-refractivity contribution in [3.63, 3.8) is 0 Å². The van der Waals surface area contributed by atoms with E-state index >= 15 is 0 Å². The highest BCUT2D eigenvalue weighted by Gasteiger charge is 2.49. The zero-order valence-electron chi connectivity index (χ0n) is 16.4. The first kappa shape index (κ1) is 21.9. The second-order valence-corrected chi connectivity index (χ2v) is 10.3. The Morgan fingerprint density at radius 2 is 1.97 bits per heavy atom. The van der Waals surface area contributed by atoms with Gasteiger partial charge in [0.1, 0.15) is 11.1 Å². The highest BCUT2D eigenvalue weighted by molar-refractivity contribution is 7.89. The van der Waals surface area contributed by atoms with Crippen molar-refractivity contribution in [2.24, 2.45) is 0 Å². The molecule has 1 aliphatic carbocycles. The van der Waals surface area contributed by atoms with Crippen molar-refractivity contribution < 1.29 is 22.7 Å². The van der Waals surface area contributed by atoms with E-state index in [-0.39, 0.29) is 17.6 Å². The summed E-state index contributed by atoms with van der Waals surface area (Å²) >= 11 is 12.0. The van der Waals surface area contributed by atoms with E-state index < -0.39 is 21.3 Å². The average Bonchev–Trinajstić information content (AvgIpc) is 2.95. The summed E-state index contributed by atoms with van der Waals surface area (Å²) in [5.74, 6) is -0.576. The Morgan fingerprint density at radius 3 is 2.61 bits per heavy atom. The molecule has 2 amide bonds. The number of halogens is 2. The lowest BCUT2D eigenvalue weighted by molar-refractivity contribution is -0.122.